The number of aliphatic carboxylic acids is 1. The van der Waals surface area contributed by atoms with Gasteiger partial charge < -0.3 is 10.4 Å². The first kappa shape index (κ1) is 13.5. The van der Waals surface area contributed by atoms with Gasteiger partial charge in [0.1, 0.15) is 5.01 Å². The number of carbonyl (C=O) groups excluding carboxylic acids is 1. The summed E-state index contributed by atoms with van der Waals surface area (Å²) in [5, 5.41) is 21.4. The molecule has 1 aromatic heterocycles. The Balaban J connectivity index is 1.65. The van der Waals surface area contributed by atoms with Gasteiger partial charge in [-0.2, -0.15) is 0 Å². The Bertz CT molecular complexity index is 527. The highest BCUT2D eigenvalue weighted by molar-refractivity contribution is 7.15. The third kappa shape index (κ3) is 2.82. The molecular formula is C13H17N3O3S. The second kappa shape index (κ2) is 5.47. The van der Waals surface area contributed by atoms with E-state index in [4.69, 9.17) is 0 Å². The number of rotatable bonds is 4. The third-order valence-corrected chi connectivity index (χ3v) is 5.02. The van der Waals surface area contributed by atoms with Crippen molar-refractivity contribution < 1.29 is 14.7 Å². The van der Waals surface area contributed by atoms with E-state index in [2.05, 4.69) is 15.5 Å². The van der Waals surface area contributed by atoms with Crippen molar-refractivity contribution in [3.05, 3.63) is 5.01 Å². The summed E-state index contributed by atoms with van der Waals surface area (Å²) in [6, 6.07) is 0. The van der Waals surface area contributed by atoms with E-state index in [1.807, 2.05) is 0 Å². The molecule has 3 rings (SSSR count). The first-order valence-corrected chi connectivity index (χ1v) is 7.84. The van der Waals surface area contributed by atoms with Gasteiger partial charge in [0.2, 0.25) is 11.0 Å². The molecule has 2 N–H and O–H groups in total. The number of carboxylic acids is 1. The van der Waals surface area contributed by atoms with Crippen LogP contribution in [0.5, 0.6) is 0 Å². The van der Waals surface area contributed by atoms with Gasteiger partial charge in [0.25, 0.3) is 0 Å². The summed E-state index contributed by atoms with van der Waals surface area (Å²) < 4.78 is 0. The zero-order valence-corrected chi connectivity index (χ0v) is 11.9. The molecule has 2 saturated carbocycles. The Morgan fingerprint density at radius 3 is 2.45 bits per heavy atom. The highest BCUT2D eigenvalue weighted by Gasteiger charge is 2.36. The van der Waals surface area contributed by atoms with Crippen LogP contribution in [0.4, 0.5) is 5.13 Å². The minimum absolute atomic E-state index is 0.226. The van der Waals surface area contributed by atoms with Gasteiger partial charge in [-0.05, 0) is 25.7 Å². The topological polar surface area (TPSA) is 92.2 Å². The normalized spacial score (nSPS) is 26.2. The summed E-state index contributed by atoms with van der Waals surface area (Å²) in [5.41, 5.74) is 0. The van der Waals surface area contributed by atoms with Crippen LogP contribution in [0.15, 0.2) is 0 Å². The summed E-state index contributed by atoms with van der Waals surface area (Å²) in [5.74, 6) is -1.61. The highest BCUT2D eigenvalue weighted by Crippen LogP contribution is 2.42. The second-order valence-corrected chi connectivity index (χ2v) is 6.55. The Morgan fingerprint density at radius 2 is 1.80 bits per heavy atom. The summed E-state index contributed by atoms with van der Waals surface area (Å²) in [4.78, 5) is 23.5. The number of hydrogen-bond acceptors (Lipinski definition) is 5. The molecule has 20 heavy (non-hydrogen) atoms. The van der Waals surface area contributed by atoms with E-state index in [1.165, 1.54) is 11.3 Å². The summed E-state index contributed by atoms with van der Waals surface area (Å²) >= 11 is 1.40. The molecule has 6 nitrogen and oxygen atoms in total. The van der Waals surface area contributed by atoms with E-state index in [0.29, 0.717) is 23.9 Å². The number of carbonyl (C=O) groups is 2. The van der Waals surface area contributed by atoms with Crippen molar-refractivity contribution in [1.29, 1.82) is 0 Å². The van der Waals surface area contributed by atoms with Gasteiger partial charge in [-0.1, -0.05) is 24.2 Å². The van der Waals surface area contributed by atoms with E-state index in [9.17, 15) is 14.7 Å². The van der Waals surface area contributed by atoms with Crippen LogP contribution in [0.1, 0.15) is 49.5 Å². The highest BCUT2D eigenvalue weighted by atomic mass is 32.1. The van der Waals surface area contributed by atoms with Gasteiger partial charge in [-0.25, -0.2) is 0 Å². The van der Waals surface area contributed by atoms with E-state index >= 15 is 0 Å². The van der Waals surface area contributed by atoms with Crippen LogP contribution >= 0.6 is 11.3 Å². The van der Waals surface area contributed by atoms with Crippen molar-refractivity contribution in [2.75, 3.05) is 5.32 Å². The molecule has 0 aliphatic heterocycles. The maximum atomic E-state index is 12.2. The maximum absolute atomic E-state index is 12.2. The molecule has 1 heterocycles. The molecule has 2 aliphatic carbocycles. The van der Waals surface area contributed by atoms with Crippen molar-refractivity contribution in [3.8, 4) is 0 Å². The quantitative estimate of drug-likeness (QED) is 0.888. The largest absolute Gasteiger partial charge is 0.481 e. The monoisotopic (exact) mass is 295 g/mol. The van der Waals surface area contributed by atoms with Crippen LogP contribution in [0, 0.1) is 11.8 Å². The fourth-order valence-corrected chi connectivity index (χ4v) is 3.63. The van der Waals surface area contributed by atoms with Gasteiger partial charge in [0.05, 0.1) is 11.8 Å². The fourth-order valence-electron chi connectivity index (χ4n) is 2.72. The van der Waals surface area contributed by atoms with Gasteiger partial charge in [0, 0.05) is 5.92 Å². The average Bonchev–Trinajstić information content (AvgIpc) is 3.19. The molecule has 2 fully saturated rings. The predicted molar refractivity (Wildman–Crippen MR) is 73.6 cm³/mol. The first-order chi connectivity index (χ1) is 9.65. The minimum atomic E-state index is -0.874. The maximum Gasteiger partial charge on any atom is 0.307 e. The van der Waals surface area contributed by atoms with Gasteiger partial charge in [-0.15, -0.1) is 10.2 Å². The van der Waals surface area contributed by atoms with E-state index in [1.54, 1.807) is 0 Å². The number of nitrogens with zero attached hydrogens (tertiary/aromatic N) is 2. The summed E-state index contributed by atoms with van der Waals surface area (Å²) in [6.45, 7) is 0. The molecule has 108 valence electrons. The molecule has 0 aromatic carbocycles. The van der Waals surface area contributed by atoms with Crippen molar-refractivity contribution in [1.82, 2.24) is 10.2 Å². The Labute approximate surface area is 120 Å². The molecule has 0 saturated heterocycles. The summed E-state index contributed by atoms with van der Waals surface area (Å²) in [7, 11) is 0. The number of aromatic nitrogens is 2. The number of carboxylic acid groups (broad SMARTS) is 1. The molecule has 0 unspecified atom stereocenters. The number of hydrogen-bond donors (Lipinski definition) is 2. The van der Waals surface area contributed by atoms with Crippen molar-refractivity contribution in [3.63, 3.8) is 0 Å². The molecule has 2 aliphatic rings. The van der Waals surface area contributed by atoms with Crippen LogP contribution < -0.4 is 5.32 Å². The Morgan fingerprint density at radius 1 is 1.10 bits per heavy atom. The standard InChI is InChI=1S/C13H17N3O3S/c17-10(8-3-1-2-4-9(8)12(18)19)14-13-16-15-11(20-13)7-5-6-7/h7-9H,1-6H2,(H,18,19)(H,14,16,17)/t8-,9-/m0/s1. The fraction of sp³-hybridized carbons (Fsp3) is 0.692. The lowest BCUT2D eigenvalue weighted by atomic mass is 9.79. The first-order valence-electron chi connectivity index (χ1n) is 7.02. The zero-order valence-electron chi connectivity index (χ0n) is 11.0. The number of anilines is 1. The molecule has 1 aromatic rings. The molecule has 0 radical (unpaired) electrons. The van der Waals surface area contributed by atoms with Gasteiger partial charge in [-0.3, -0.25) is 9.59 Å². The molecule has 2 atom stereocenters. The van der Waals surface area contributed by atoms with Crippen LogP contribution in [-0.2, 0) is 9.59 Å². The van der Waals surface area contributed by atoms with E-state index in [-0.39, 0.29) is 5.91 Å². The number of nitrogens with one attached hydrogen (secondary N) is 1. The van der Waals surface area contributed by atoms with Crippen LogP contribution in [0.3, 0.4) is 0 Å². The lowest BCUT2D eigenvalue weighted by Crippen LogP contribution is -2.36. The van der Waals surface area contributed by atoms with Crippen molar-refractivity contribution in [2.24, 2.45) is 11.8 Å². The predicted octanol–water partition coefficient (Wildman–Crippen LogP) is 2.25. The second-order valence-electron chi connectivity index (χ2n) is 5.54. The van der Waals surface area contributed by atoms with E-state index < -0.39 is 17.8 Å². The van der Waals surface area contributed by atoms with Crippen LogP contribution in [0.2, 0.25) is 0 Å². The smallest absolute Gasteiger partial charge is 0.307 e. The lowest BCUT2D eigenvalue weighted by Gasteiger charge is -2.26. The summed E-state index contributed by atoms with van der Waals surface area (Å²) in [6.07, 6.45) is 5.29. The molecule has 1 amide bonds. The molecular weight excluding hydrogens is 278 g/mol. The lowest BCUT2D eigenvalue weighted by molar-refractivity contribution is -0.147. The average molecular weight is 295 g/mol. The van der Waals surface area contributed by atoms with Crippen molar-refractivity contribution >= 4 is 28.3 Å². The van der Waals surface area contributed by atoms with E-state index in [0.717, 1.165) is 30.7 Å². The van der Waals surface area contributed by atoms with Crippen LogP contribution in [-0.4, -0.2) is 27.2 Å². The molecule has 0 bridgehead atoms. The van der Waals surface area contributed by atoms with Gasteiger partial charge >= 0.3 is 5.97 Å². The Hall–Kier alpha value is -1.50. The Kier molecular flexibility index (Phi) is 3.69. The minimum Gasteiger partial charge on any atom is -0.481 e. The third-order valence-electron chi connectivity index (χ3n) is 4.02. The van der Waals surface area contributed by atoms with Gasteiger partial charge in [0.15, 0.2) is 0 Å². The number of amides is 1. The SMILES string of the molecule is O=C(O)[C@H]1CCCC[C@@H]1C(=O)Nc1nnc(C2CC2)s1. The molecule has 0 spiro atoms. The van der Waals surface area contributed by atoms with Crippen LogP contribution in [0.25, 0.3) is 0 Å². The molecule has 7 heteroatoms. The van der Waals surface area contributed by atoms with Crippen molar-refractivity contribution in [2.45, 2.75) is 44.4 Å². The zero-order chi connectivity index (χ0) is 14.1.